The number of fused-ring (bicyclic) bond motifs is 1. The van der Waals surface area contributed by atoms with Gasteiger partial charge in [0.05, 0.1) is 52.2 Å². The van der Waals surface area contributed by atoms with Crippen LogP contribution in [0.25, 0.3) is 16.8 Å². The Morgan fingerprint density at radius 3 is 2.55 bits per heavy atom. The van der Waals surface area contributed by atoms with Gasteiger partial charge in [-0.2, -0.15) is 9.61 Å². The van der Waals surface area contributed by atoms with Crippen LogP contribution in [0.4, 0.5) is 26.1 Å². The lowest BCUT2D eigenvalue weighted by atomic mass is 9.90. The van der Waals surface area contributed by atoms with Gasteiger partial charge in [-0.3, -0.25) is 4.98 Å². The Labute approximate surface area is 231 Å². The Balaban J connectivity index is 1.34. The molecule has 11 heteroatoms. The number of imidazole rings is 1. The first-order chi connectivity index (χ1) is 19.3. The number of anilines is 3. The molecule has 4 heterocycles. The molecule has 4 aromatic rings. The minimum atomic E-state index is -0.688. The topological polar surface area (TPSA) is 114 Å². The molecular weight excluding hydrogens is 516 g/mol. The number of aromatic nitrogens is 4. The molecule has 4 N–H and O–H groups in total. The Hall–Kier alpha value is -3.67. The predicted octanol–water partition coefficient (Wildman–Crippen LogP) is 4.37. The summed E-state index contributed by atoms with van der Waals surface area (Å²) in [5.41, 5.74) is 8.15. The SMILES string of the molecule is COC1(c2cc(F)c(-c3ccc4cnc(Nc5cnccc5N5C[C@@H](N)[C@H](O)[C@@H](C)C5)n4n3)c(F)c2)CCCC1. The van der Waals surface area contributed by atoms with Crippen LogP contribution in [0.5, 0.6) is 0 Å². The summed E-state index contributed by atoms with van der Waals surface area (Å²) in [7, 11) is 1.59. The first-order valence-corrected chi connectivity index (χ1v) is 13.6. The summed E-state index contributed by atoms with van der Waals surface area (Å²) in [6, 6.07) is 7.53. The molecule has 210 valence electrons. The molecule has 40 heavy (non-hydrogen) atoms. The van der Waals surface area contributed by atoms with Crippen molar-refractivity contribution in [3.8, 4) is 11.3 Å². The zero-order valence-corrected chi connectivity index (χ0v) is 22.5. The maximum atomic E-state index is 15.5. The van der Waals surface area contributed by atoms with E-state index in [0.29, 0.717) is 35.8 Å². The van der Waals surface area contributed by atoms with Gasteiger partial charge in [-0.1, -0.05) is 19.8 Å². The van der Waals surface area contributed by atoms with Gasteiger partial charge in [0, 0.05) is 38.4 Å². The summed E-state index contributed by atoms with van der Waals surface area (Å²) in [5, 5.41) is 18.1. The third-order valence-corrected chi connectivity index (χ3v) is 8.36. The van der Waals surface area contributed by atoms with Crippen LogP contribution in [0.1, 0.15) is 38.2 Å². The molecule has 0 radical (unpaired) electrons. The molecule has 6 rings (SSSR count). The second-order valence-corrected chi connectivity index (χ2v) is 10.9. The highest BCUT2D eigenvalue weighted by molar-refractivity contribution is 5.74. The van der Waals surface area contributed by atoms with Crippen molar-refractivity contribution in [1.29, 1.82) is 0 Å². The van der Waals surface area contributed by atoms with Crippen LogP contribution in [-0.4, -0.2) is 57.0 Å². The number of methoxy groups -OCH3 is 1. The number of piperidine rings is 1. The number of halogens is 2. The van der Waals surface area contributed by atoms with Crippen LogP contribution in [0.2, 0.25) is 0 Å². The molecule has 0 bridgehead atoms. The molecule has 3 aromatic heterocycles. The van der Waals surface area contributed by atoms with Gasteiger partial charge in [-0.05, 0) is 48.7 Å². The summed E-state index contributed by atoms with van der Waals surface area (Å²) in [6.07, 6.45) is 7.80. The second kappa shape index (κ2) is 10.4. The maximum absolute atomic E-state index is 15.5. The van der Waals surface area contributed by atoms with Gasteiger partial charge in [0.1, 0.15) is 11.6 Å². The van der Waals surface area contributed by atoms with Gasteiger partial charge in [-0.15, -0.1) is 0 Å². The lowest BCUT2D eigenvalue weighted by molar-refractivity contribution is -0.00914. The Kier molecular flexibility index (Phi) is 6.89. The quantitative estimate of drug-likeness (QED) is 0.325. The predicted molar refractivity (Wildman–Crippen MR) is 148 cm³/mol. The minimum absolute atomic E-state index is 0.00939. The van der Waals surface area contributed by atoms with E-state index in [1.165, 1.54) is 16.6 Å². The zero-order valence-electron chi connectivity index (χ0n) is 22.5. The molecule has 2 fully saturated rings. The van der Waals surface area contributed by atoms with Crippen molar-refractivity contribution < 1.29 is 18.6 Å². The lowest BCUT2D eigenvalue weighted by Gasteiger charge is -2.40. The number of rotatable bonds is 6. The first kappa shape index (κ1) is 26.5. The molecule has 9 nitrogen and oxygen atoms in total. The number of nitrogens with zero attached hydrogens (tertiary/aromatic N) is 5. The molecule has 1 saturated heterocycles. The summed E-state index contributed by atoms with van der Waals surface area (Å²) in [4.78, 5) is 10.8. The van der Waals surface area contributed by atoms with E-state index in [4.69, 9.17) is 10.5 Å². The molecule has 1 aliphatic heterocycles. The highest BCUT2D eigenvalue weighted by Gasteiger charge is 2.37. The van der Waals surface area contributed by atoms with Crippen molar-refractivity contribution in [3.63, 3.8) is 0 Å². The highest BCUT2D eigenvalue weighted by atomic mass is 19.1. The van der Waals surface area contributed by atoms with E-state index in [2.05, 4.69) is 25.3 Å². The van der Waals surface area contributed by atoms with Gasteiger partial charge in [0.25, 0.3) is 0 Å². The third kappa shape index (κ3) is 4.57. The Morgan fingerprint density at radius 1 is 1.10 bits per heavy atom. The maximum Gasteiger partial charge on any atom is 0.229 e. The van der Waals surface area contributed by atoms with Gasteiger partial charge in [0.15, 0.2) is 0 Å². The standard InChI is InChI=1S/C29H33F2N7O2/c1-17-15-37(16-22(32)27(17)39)25-7-10-33-14-24(25)35-28-34-13-19-5-6-23(36-38(19)28)26-20(30)11-18(12-21(26)31)29(40-2)8-3-4-9-29/h5-7,10-14,17,22,27,39H,3-4,8-9,15-16,32H2,1-2H3,(H,34,35)/t17-,22+,27+/m0/s1. The van der Waals surface area contributed by atoms with Crippen LogP contribution in [0.15, 0.2) is 48.9 Å². The molecule has 1 aliphatic carbocycles. The molecule has 0 spiro atoms. The average molecular weight is 550 g/mol. The van der Waals surface area contributed by atoms with E-state index in [-0.39, 0.29) is 23.2 Å². The largest absolute Gasteiger partial charge is 0.391 e. The molecule has 1 saturated carbocycles. The van der Waals surface area contributed by atoms with Crippen LogP contribution < -0.4 is 16.0 Å². The highest BCUT2D eigenvalue weighted by Crippen LogP contribution is 2.43. The van der Waals surface area contributed by atoms with Gasteiger partial charge in [-0.25, -0.2) is 13.8 Å². The first-order valence-electron chi connectivity index (χ1n) is 13.6. The molecule has 2 aliphatic rings. The summed E-state index contributed by atoms with van der Waals surface area (Å²) < 4.78 is 38.2. The van der Waals surface area contributed by atoms with Crippen LogP contribution in [0, 0.1) is 17.6 Å². The van der Waals surface area contributed by atoms with Crippen LogP contribution >= 0.6 is 0 Å². The van der Waals surface area contributed by atoms with E-state index in [1.54, 1.807) is 37.8 Å². The van der Waals surface area contributed by atoms with Crippen molar-refractivity contribution >= 4 is 22.8 Å². The zero-order chi connectivity index (χ0) is 28.0. The lowest BCUT2D eigenvalue weighted by Crippen LogP contribution is -2.55. The monoisotopic (exact) mass is 549 g/mol. The molecule has 1 aromatic carbocycles. The molecule has 3 atom stereocenters. The number of ether oxygens (including phenoxy) is 1. The number of aliphatic hydroxyl groups excluding tert-OH is 1. The van der Waals surface area contributed by atoms with Crippen molar-refractivity contribution in [1.82, 2.24) is 19.6 Å². The smallest absolute Gasteiger partial charge is 0.229 e. The third-order valence-electron chi connectivity index (χ3n) is 8.36. The van der Waals surface area contributed by atoms with Crippen LogP contribution in [-0.2, 0) is 10.3 Å². The Bertz CT molecular complexity index is 1500. The average Bonchev–Trinajstić information content (AvgIpc) is 3.59. The van der Waals surface area contributed by atoms with Crippen molar-refractivity contribution in [3.05, 3.63) is 66.1 Å². The van der Waals surface area contributed by atoms with Gasteiger partial charge >= 0.3 is 0 Å². The normalized spacial score (nSPS) is 22.6. The summed E-state index contributed by atoms with van der Waals surface area (Å²) >= 11 is 0. The fourth-order valence-corrected chi connectivity index (χ4v) is 6.13. The van der Waals surface area contributed by atoms with Crippen molar-refractivity contribution in [2.45, 2.75) is 50.4 Å². The van der Waals surface area contributed by atoms with E-state index >= 15 is 8.78 Å². The second-order valence-electron chi connectivity index (χ2n) is 10.9. The van der Waals surface area contributed by atoms with E-state index in [1.807, 2.05) is 13.0 Å². The fourth-order valence-electron chi connectivity index (χ4n) is 6.13. The number of benzene rings is 1. The Morgan fingerprint density at radius 2 is 1.85 bits per heavy atom. The number of nitrogens with two attached hydrogens (primary N) is 1. The van der Waals surface area contributed by atoms with Crippen molar-refractivity contribution in [2.24, 2.45) is 11.7 Å². The van der Waals surface area contributed by atoms with E-state index < -0.39 is 23.3 Å². The summed E-state index contributed by atoms with van der Waals surface area (Å²) in [5.74, 6) is -1.02. The fraction of sp³-hybridized carbons (Fsp3) is 0.414. The number of nitrogens with one attached hydrogen (secondary N) is 1. The number of aliphatic hydroxyl groups is 1. The summed E-state index contributed by atoms with van der Waals surface area (Å²) in [6.45, 7) is 3.07. The molecular formula is C29H33F2N7O2. The van der Waals surface area contributed by atoms with Crippen molar-refractivity contribution in [2.75, 3.05) is 30.4 Å². The number of pyridine rings is 1. The van der Waals surface area contributed by atoms with Gasteiger partial charge < -0.3 is 25.8 Å². The van der Waals surface area contributed by atoms with Gasteiger partial charge in [0.2, 0.25) is 5.95 Å². The molecule has 0 unspecified atom stereocenters. The van der Waals surface area contributed by atoms with Crippen LogP contribution in [0.3, 0.4) is 0 Å². The number of hydrogen-bond acceptors (Lipinski definition) is 8. The molecule has 0 amide bonds. The minimum Gasteiger partial charge on any atom is -0.391 e. The van der Waals surface area contributed by atoms with E-state index in [0.717, 1.165) is 31.4 Å². The number of hydrogen-bond donors (Lipinski definition) is 3. The van der Waals surface area contributed by atoms with E-state index in [9.17, 15) is 5.11 Å².